The van der Waals surface area contributed by atoms with Crippen molar-refractivity contribution in [3.63, 3.8) is 0 Å². The van der Waals surface area contributed by atoms with Gasteiger partial charge in [0.1, 0.15) is 17.3 Å². The number of hydrogen-bond acceptors (Lipinski definition) is 10. The first kappa shape index (κ1) is 21.2. The fourth-order valence-electron chi connectivity index (χ4n) is 4.27. The number of thioether (sulfide) groups is 1. The van der Waals surface area contributed by atoms with Gasteiger partial charge in [-0.15, -0.1) is 0 Å². The molecule has 3 heterocycles. The normalized spacial score (nSPS) is 21.6. The highest BCUT2D eigenvalue weighted by Crippen LogP contribution is 2.49. The summed E-state index contributed by atoms with van der Waals surface area (Å²) in [6.07, 6.45) is 1.97. The first-order valence-corrected chi connectivity index (χ1v) is 11.3. The number of non-ortho nitro benzene ring substituents is 1. The summed E-state index contributed by atoms with van der Waals surface area (Å²) in [5.74, 6) is 1.50. The van der Waals surface area contributed by atoms with Gasteiger partial charge in [-0.3, -0.25) is 25.2 Å². The first-order valence-electron chi connectivity index (χ1n) is 10.4. The van der Waals surface area contributed by atoms with Crippen LogP contribution in [0.3, 0.4) is 0 Å². The maximum absolute atomic E-state index is 11.9. The lowest BCUT2D eigenvalue weighted by molar-refractivity contribution is -0.393. The smallest absolute Gasteiger partial charge is 0.301 e. The number of nitro benzene ring substituents is 2. The number of anilines is 1. The second-order valence-corrected chi connectivity index (χ2v) is 8.88. The molecule has 0 bridgehead atoms. The zero-order valence-corrected chi connectivity index (χ0v) is 18.5. The van der Waals surface area contributed by atoms with Crippen molar-refractivity contribution in [2.24, 2.45) is 10.1 Å². The summed E-state index contributed by atoms with van der Waals surface area (Å²) in [5.41, 5.74) is 0.414. The van der Waals surface area contributed by atoms with Crippen molar-refractivity contribution in [2.75, 3.05) is 25.2 Å². The van der Waals surface area contributed by atoms with Crippen molar-refractivity contribution in [3.05, 3.63) is 68.3 Å². The van der Waals surface area contributed by atoms with Crippen molar-refractivity contribution in [2.45, 2.75) is 24.1 Å². The number of hydrazone groups is 1. The van der Waals surface area contributed by atoms with Gasteiger partial charge in [0, 0.05) is 19.2 Å². The second-order valence-electron chi connectivity index (χ2n) is 7.77. The largest absolute Gasteiger partial charge is 0.497 e. The van der Waals surface area contributed by atoms with Crippen LogP contribution in [0.15, 0.2) is 52.6 Å². The van der Waals surface area contributed by atoms with E-state index < -0.39 is 9.85 Å². The summed E-state index contributed by atoms with van der Waals surface area (Å²) in [4.78, 5) is 28.6. The minimum absolute atomic E-state index is 0.120. The summed E-state index contributed by atoms with van der Waals surface area (Å²) in [7, 11) is 1.59. The molecule has 2 aromatic carbocycles. The summed E-state index contributed by atoms with van der Waals surface area (Å²) < 4.78 is 5.28. The third-order valence-corrected chi connectivity index (χ3v) is 7.15. The monoisotopic (exact) mass is 468 g/mol. The maximum atomic E-state index is 11.9. The number of fused-ring (bicyclic) bond motifs is 3. The van der Waals surface area contributed by atoms with Crippen molar-refractivity contribution in [1.82, 2.24) is 4.90 Å². The van der Waals surface area contributed by atoms with Crippen LogP contribution in [-0.2, 0) is 0 Å². The Kier molecular flexibility index (Phi) is 5.36. The Labute approximate surface area is 193 Å². The average molecular weight is 468 g/mol. The minimum Gasteiger partial charge on any atom is -0.497 e. The molecule has 1 saturated heterocycles. The SMILES string of the molecule is COc1ccc(C2C3SC4=NCCCCN4C3=NN2c2ccc([N+](=O)[O-])cc2[N+](=O)[O-])cc1. The van der Waals surface area contributed by atoms with Gasteiger partial charge in [-0.25, -0.2) is 5.01 Å². The van der Waals surface area contributed by atoms with Crippen molar-refractivity contribution < 1.29 is 14.6 Å². The van der Waals surface area contributed by atoms with Crippen molar-refractivity contribution in [3.8, 4) is 5.75 Å². The number of hydrogen-bond donors (Lipinski definition) is 0. The zero-order chi connectivity index (χ0) is 23.1. The molecule has 3 aliphatic heterocycles. The molecule has 5 rings (SSSR count). The molecule has 1 fully saturated rings. The summed E-state index contributed by atoms with van der Waals surface area (Å²) in [6, 6.07) is 10.8. The fraction of sp³-hybridized carbons (Fsp3) is 0.333. The topological polar surface area (TPSA) is 127 Å². The average Bonchev–Trinajstić information content (AvgIpc) is 3.24. The Morgan fingerprint density at radius 3 is 2.58 bits per heavy atom. The van der Waals surface area contributed by atoms with Crippen molar-refractivity contribution in [1.29, 1.82) is 0 Å². The van der Waals surface area contributed by atoms with Gasteiger partial charge in [0.25, 0.3) is 5.69 Å². The van der Waals surface area contributed by atoms with E-state index >= 15 is 0 Å². The Hall–Kier alpha value is -3.67. The number of ether oxygens (including phenoxy) is 1. The summed E-state index contributed by atoms with van der Waals surface area (Å²) in [5, 5.41) is 30.3. The van der Waals surface area contributed by atoms with E-state index in [0.29, 0.717) is 5.75 Å². The Morgan fingerprint density at radius 1 is 1.09 bits per heavy atom. The van der Waals surface area contributed by atoms with Crippen LogP contribution in [0, 0.1) is 20.2 Å². The van der Waals surface area contributed by atoms with Crippen LogP contribution in [0.4, 0.5) is 17.1 Å². The highest BCUT2D eigenvalue weighted by Gasteiger charge is 2.50. The van der Waals surface area contributed by atoms with E-state index in [1.165, 1.54) is 12.1 Å². The van der Waals surface area contributed by atoms with Crippen LogP contribution in [-0.4, -0.2) is 51.2 Å². The molecule has 11 nitrogen and oxygen atoms in total. The van der Waals surface area contributed by atoms with E-state index in [1.807, 2.05) is 24.3 Å². The first-order chi connectivity index (χ1) is 16.0. The van der Waals surface area contributed by atoms with Crippen LogP contribution in [0.5, 0.6) is 5.75 Å². The molecule has 2 aromatic rings. The highest BCUT2D eigenvalue weighted by atomic mass is 32.2. The van der Waals surface area contributed by atoms with Crippen LogP contribution < -0.4 is 9.75 Å². The van der Waals surface area contributed by atoms with E-state index in [9.17, 15) is 20.2 Å². The number of benzene rings is 2. The molecule has 0 aliphatic carbocycles. The Bertz CT molecular complexity index is 1180. The zero-order valence-electron chi connectivity index (χ0n) is 17.7. The molecule has 12 heteroatoms. The lowest BCUT2D eigenvalue weighted by Gasteiger charge is -2.26. The van der Waals surface area contributed by atoms with Gasteiger partial charge < -0.3 is 9.64 Å². The standard InChI is InChI=1S/C21H20N6O5S/c1-32-15-7-4-13(5-8-15)18-19-20(24-11-3-2-10-22-21(24)33-19)23-25(18)16-9-6-14(26(28)29)12-17(16)27(30)31/h4-9,12,18-19H,2-3,10-11H2,1H3. The van der Waals surface area contributed by atoms with E-state index in [2.05, 4.69) is 4.90 Å². The molecule has 3 aliphatic rings. The number of amidine groups is 2. The van der Waals surface area contributed by atoms with Crippen LogP contribution in [0.25, 0.3) is 0 Å². The van der Waals surface area contributed by atoms with E-state index in [4.69, 9.17) is 14.8 Å². The highest BCUT2D eigenvalue weighted by molar-refractivity contribution is 8.15. The maximum Gasteiger partial charge on any atom is 0.301 e. The second kappa shape index (κ2) is 8.35. The van der Waals surface area contributed by atoms with Gasteiger partial charge in [0.05, 0.1) is 34.3 Å². The molecular formula is C21H20N6O5S. The molecule has 0 N–H and O–H groups in total. The van der Waals surface area contributed by atoms with Crippen LogP contribution in [0.2, 0.25) is 0 Å². The quantitative estimate of drug-likeness (QED) is 0.477. The summed E-state index contributed by atoms with van der Waals surface area (Å²) in [6.45, 7) is 1.55. The number of nitro groups is 2. The molecule has 0 aromatic heterocycles. The van der Waals surface area contributed by atoms with Gasteiger partial charge >= 0.3 is 5.69 Å². The summed E-state index contributed by atoms with van der Waals surface area (Å²) >= 11 is 1.61. The van der Waals surface area contributed by atoms with E-state index in [0.717, 1.165) is 48.6 Å². The number of methoxy groups -OCH3 is 1. The predicted octanol–water partition coefficient (Wildman–Crippen LogP) is 3.95. The van der Waals surface area contributed by atoms with Gasteiger partial charge in [-0.1, -0.05) is 23.9 Å². The Balaban J connectivity index is 1.64. The van der Waals surface area contributed by atoms with Gasteiger partial charge in [0.15, 0.2) is 5.17 Å². The van der Waals surface area contributed by atoms with Crippen LogP contribution in [0.1, 0.15) is 24.4 Å². The lowest BCUT2D eigenvalue weighted by atomic mass is 10.0. The number of aliphatic imine (C=N–C) groups is 1. The molecule has 0 saturated carbocycles. The molecule has 0 radical (unpaired) electrons. The molecule has 2 unspecified atom stereocenters. The van der Waals surface area contributed by atoms with Gasteiger partial charge in [-0.2, -0.15) is 5.10 Å². The van der Waals surface area contributed by atoms with E-state index in [1.54, 1.807) is 23.9 Å². The molecule has 33 heavy (non-hydrogen) atoms. The molecule has 170 valence electrons. The number of rotatable bonds is 5. The predicted molar refractivity (Wildman–Crippen MR) is 125 cm³/mol. The van der Waals surface area contributed by atoms with Crippen molar-refractivity contribution >= 4 is 39.8 Å². The lowest BCUT2D eigenvalue weighted by Crippen LogP contribution is -2.32. The van der Waals surface area contributed by atoms with Gasteiger partial charge in [-0.05, 0) is 36.6 Å². The van der Waals surface area contributed by atoms with E-state index in [-0.39, 0.29) is 28.4 Å². The molecular weight excluding hydrogens is 448 g/mol. The molecule has 0 amide bonds. The minimum atomic E-state index is -0.641. The molecule has 2 atom stereocenters. The molecule has 0 spiro atoms. The van der Waals surface area contributed by atoms with Gasteiger partial charge in [0.2, 0.25) is 0 Å². The Morgan fingerprint density at radius 2 is 1.88 bits per heavy atom. The fourth-order valence-corrected chi connectivity index (χ4v) is 5.66. The van der Waals surface area contributed by atoms with Crippen LogP contribution >= 0.6 is 11.8 Å². The number of nitrogens with zero attached hydrogens (tertiary/aromatic N) is 6. The third kappa shape index (κ3) is 3.65. The third-order valence-electron chi connectivity index (χ3n) is 5.86.